The molecule has 0 radical (unpaired) electrons. The van der Waals surface area contributed by atoms with Crippen molar-refractivity contribution in [3.05, 3.63) is 65.0 Å². The second-order valence-corrected chi connectivity index (χ2v) is 6.61. The lowest BCUT2D eigenvalue weighted by Crippen LogP contribution is -2.55. The fourth-order valence-electron chi connectivity index (χ4n) is 2.91. The molecule has 2 aromatic carbocycles. The molecule has 7 nitrogen and oxygen atoms in total. The number of aliphatic carboxylic acids is 1. The van der Waals surface area contributed by atoms with E-state index in [4.69, 9.17) is 4.74 Å². The fraction of sp³-hybridized carbons (Fsp3) is 0.250. The summed E-state index contributed by atoms with van der Waals surface area (Å²) in [6, 6.07) is 10.1. The molecule has 3 rings (SSSR count). The monoisotopic (exact) mass is 386 g/mol. The van der Waals surface area contributed by atoms with Gasteiger partial charge in [-0.2, -0.15) is 0 Å². The first-order valence-electron chi connectivity index (χ1n) is 8.62. The van der Waals surface area contributed by atoms with Gasteiger partial charge in [0.2, 0.25) is 0 Å². The second kappa shape index (κ2) is 7.77. The first kappa shape index (κ1) is 19.5. The van der Waals surface area contributed by atoms with Crippen LogP contribution < -0.4 is 10.6 Å². The highest BCUT2D eigenvalue weighted by molar-refractivity contribution is 6.06. The standard InChI is InChI=1S/C20H19FN2O5/c1-12-6-7-13(17(24)23-20(19(26)27)8-9-28-11-20)10-16(12)22-18(25)14-4-2-3-5-15(14)21/h2-7,10H,8-9,11H2,1H3,(H,22,25)(H,23,24)(H,26,27). The molecule has 3 N–H and O–H groups in total. The van der Waals surface area contributed by atoms with Crippen molar-refractivity contribution in [3.8, 4) is 0 Å². The molecule has 2 aromatic rings. The van der Waals surface area contributed by atoms with E-state index in [1.54, 1.807) is 19.1 Å². The van der Waals surface area contributed by atoms with Gasteiger partial charge in [-0.05, 0) is 36.8 Å². The summed E-state index contributed by atoms with van der Waals surface area (Å²) in [7, 11) is 0. The van der Waals surface area contributed by atoms with E-state index in [-0.39, 0.29) is 30.8 Å². The number of carboxylic acid groups (broad SMARTS) is 1. The van der Waals surface area contributed by atoms with Crippen LogP contribution in [0.25, 0.3) is 0 Å². The number of benzene rings is 2. The van der Waals surface area contributed by atoms with Gasteiger partial charge in [0.1, 0.15) is 5.82 Å². The summed E-state index contributed by atoms with van der Waals surface area (Å²) in [5, 5.41) is 14.5. The van der Waals surface area contributed by atoms with Crippen molar-refractivity contribution in [2.24, 2.45) is 0 Å². The number of anilines is 1. The van der Waals surface area contributed by atoms with Crippen molar-refractivity contribution in [2.45, 2.75) is 18.9 Å². The third kappa shape index (κ3) is 3.86. The molecule has 0 spiro atoms. The van der Waals surface area contributed by atoms with E-state index in [0.29, 0.717) is 11.3 Å². The molecular weight excluding hydrogens is 367 g/mol. The lowest BCUT2D eigenvalue weighted by atomic mass is 9.98. The summed E-state index contributed by atoms with van der Waals surface area (Å²) < 4.78 is 18.9. The van der Waals surface area contributed by atoms with E-state index in [9.17, 15) is 23.9 Å². The molecule has 1 heterocycles. The van der Waals surface area contributed by atoms with Crippen LogP contribution in [0, 0.1) is 12.7 Å². The van der Waals surface area contributed by atoms with E-state index in [1.165, 1.54) is 30.3 Å². The number of hydrogen-bond acceptors (Lipinski definition) is 4. The molecule has 146 valence electrons. The molecule has 1 aliphatic heterocycles. The number of aryl methyl sites for hydroxylation is 1. The Morgan fingerprint density at radius 3 is 2.54 bits per heavy atom. The first-order chi connectivity index (χ1) is 13.3. The van der Waals surface area contributed by atoms with Crippen molar-refractivity contribution >= 4 is 23.5 Å². The first-order valence-corrected chi connectivity index (χ1v) is 8.62. The highest BCUT2D eigenvalue weighted by Gasteiger charge is 2.44. The summed E-state index contributed by atoms with van der Waals surface area (Å²) >= 11 is 0. The number of nitrogens with one attached hydrogen (secondary N) is 2. The largest absolute Gasteiger partial charge is 0.479 e. The molecule has 1 aliphatic rings. The number of carbonyl (C=O) groups is 3. The molecule has 1 saturated heterocycles. The van der Waals surface area contributed by atoms with Gasteiger partial charge >= 0.3 is 5.97 Å². The van der Waals surface area contributed by atoms with E-state index in [2.05, 4.69) is 10.6 Å². The quantitative estimate of drug-likeness (QED) is 0.732. The zero-order valence-corrected chi connectivity index (χ0v) is 15.1. The smallest absolute Gasteiger partial charge is 0.331 e. The van der Waals surface area contributed by atoms with Crippen LogP contribution in [0.3, 0.4) is 0 Å². The number of rotatable bonds is 5. The predicted molar refractivity (Wildman–Crippen MR) is 98.8 cm³/mol. The summed E-state index contributed by atoms with van der Waals surface area (Å²) in [6.45, 7) is 1.85. The van der Waals surface area contributed by atoms with Crippen LogP contribution in [0.5, 0.6) is 0 Å². The van der Waals surface area contributed by atoms with Crippen molar-refractivity contribution in [3.63, 3.8) is 0 Å². The van der Waals surface area contributed by atoms with Gasteiger partial charge in [-0.3, -0.25) is 9.59 Å². The van der Waals surface area contributed by atoms with Gasteiger partial charge in [0, 0.05) is 24.3 Å². The molecule has 1 fully saturated rings. The van der Waals surface area contributed by atoms with Gasteiger partial charge < -0.3 is 20.5 Å². The zero-order chi connectivity index (χ0) is 20.3. The Hall–Kier alpha value is -3.26. The van der Waals surface area contributed by atoms with Crippen molar-refractivity contribution in [1.29, 1.82) is 0 Å². The maximum atomic E-state index is 13.8. The second-order valence-electron chi connectivity index (χ2n) is 6.61. The third-order valence-corrected chi connectivity index (χ3v) is 4.65. The van der Waals surface area contributed by atoms with Gasteiger partial charge in [-0.1, -0.05) is 18.2 Å². The molecule has 8 heteroatoms. The maximum Gasteiger partial charge on any atom is 0.331 e. The van der Waals surface area contributed by atoms with E-state index >= 15 is 0 Å². The van der Waals surface area contributed by atoms with Crippen LogP contribution in [-0.2, 0) is 9.53 Å². The van der Waals surface area contributed by atoms with Crippen LogP contribution in [0.1, 0.15) is 32.7 Å². The molecule has 2 amide bonds. The van der Waals surface area contributed by atoms with Gasteiger partial charge in [-0.15, -0.1) is 0 Å². The average molecular weight is 386 g/mol. The number of ether oxygens (including phenoxy) is 1. The Bertz CT molecular complexity index is 938. The van der Waals surface area contributed by atoms with Crippen molar-refractivity contribution < 1.29 is 28.6 Å². The maximum absolute atomic E-state index is 13.8. The number of amides is 2. The Morgan fingerprint density at radius 2 is 1.89 bits per heavy atom. The predicted octanol–water partition coefficient (Wildman–Crippen LogP) is 2.36. The zero-order valence-electron chi connectivity index (χ0n) is 15.1. The number of halogens is 1. The topological polar surface area (TPSA) is 105 Å². The van der Waals surface area contributed by atoms with E-state index in [0.717, 1.165) is 0 Å². The fourth-order valence-corrected chi connectivity index (χ4v) is 2.91. The third-order valence-electron chi connectivity index (χ3n) is 4.65. The highest BCUT2D eigenvalue weighted by Crippen LogP contribution is 2.22. The normalized spacial score (nSPS) is 18.5. The minimum Gasteiger partial charge on any atom is -0.479 e. The number of hydrogen-bond donors (Lipinski definition) is 3. The summed E-state index contributed by atoms with van der Waals surface area (Å²) in [5.41, 5.74) is -0.434. The van der Waals surface area contributed by atoms with E-state index < -0.39 is 29.1 Å². The Morgan fingerprint density at radius 1 is 1.14 bits per heavy atom. The Kier molecular flexibility index (Phi) is 5.41. The molecule has 1 atom stereocenters. The van der Waals surface area contributed by atoms with Crippen LogP contribution in [0.2, 0.25) is 0 Å². The average Bonchev–Trinajstić information content (AvgIpc) is 3.13. The molecule has 1 unspecified atom stereocenters. The van der Waals surface area contributed by atoms with Crippen LogP contribution in [-0.4, -0.2) is 41.6 Å². The van der Waals surface area contributed by atoms with Crippen LogP contribution >= 0.6 is 0 Å². The summed E-state index contributed by atoms with van der Waals surface area (Å²) in [6.07, 6.45) is 0.164. The van der Waals surface area contributed by atoms with E-state index in [1.807, 2.05) is 0 Å². The summed E-state index contributed by atoms with van der Waals surface area (Å²) in [5.74, 6) is -3.08. The molecule has 0 aromatic heterocycles. The van der Waals surface area contributed by atoms with Gasteiger partial charge in [0.05, 0.1) is 12.2 Å². The highest BCUT2D eigenvalue weighted by atomic mass is 19.1. The Labute approximate surface area is 160 Å². The number of carboxylic acids is 1. The van der Waals surface area contributed by atoms with Crippen LogP contribution in [0.15, 0.2) is 42.5 Å². The minimum atomic E-state index is -1.47. The molecular formula is C20H19FN2O5. The molecule has 0 bridgehead atoms. The number of carbonyl (C=O) groups excluding carboxylic acids is 2. The summed E-state index contributed by atoms with van der Waals surface area (Å²) in [4.78, 5) is 36.5. The van der Waals surface area contributed by atoms with Gasteiger partial charge in [-0.25, -0.2) is 9.18 Å². The lowest BCUT2D eigenvalue weighted by molar-refractivity contribution is -0.144. The minimum absolute atomic E-state index is 0.114. The lowest BCUT2D eigenvalue weighted by Gasteiger charge is -2.24. The molecule has 28 heavy (non-hydrogen) atoms. The molecule has 0 saturated carbocycles. The van der Waals surface area contributed by atoms with Gasteiger partial charge in [0.25, 0.3) is 11.8 Å². The Balaban J connectivity index is 1.81. The van der Waals surface area contributed by atoms with Crippen molar-refractivity contribution in [2.75, 3.05) is 18.5 Å². The van der Waals surface area contributed by atoms with Crippen molar-refractivity contribution in [1.82, 2.24) is 5.32 Å². The molecule has 0 aliphatic carbocycles. The SMILES string of the molecule is Cc1ccc(C(=O)NC2(C(=O)O)CCOC2)cc1NC(=O)c1ccccc1F. The van der Waals surface area contributed by atoms with Gasteiger partial charge in [0.15, 0.2) is 5.54 Å². The van der Waals surface area contributed by atoms with Crippen LogP contribution in [0.4, 0.5) is 10.1 Å².